The number of hydrogen-bond donors (Lipinski definition) is 0. The molecule has 1 aliphatic rings. The van der Waals surface area contributed by atoms with E-state index in [1.807, 2.05) is 6.07 Å². The molecule has 1 saturated heterocycles. The molecule has 18 heavy (non-hydrogen) atoms. The number of rotatable bonds is 3. The van der Waals surface area contributed by atoms with Gasteiger partial charge in [-0.05, 0) is 38.2 Å². The Morgan fingerprint density at radius 1 is 1.39 bits per heavy atom. The molecule has 2 atom stereocenters. The highest BCUT2D eigenvalue weighted by molar-refractivity contribution is 6.31. The standard InChI is InChI=1S/C14H19ClN2O/c1-10-7-17(8-14(10)16(2)3)13-6-12(15)5-4-11(13)9-18/h4-6,9-10,14H,7-8H2,1-3H3. The third-order valence-electron chi connectivity index (χ3n) is 3.70. The van der Waals surface area contributed by atoms with Gasteiger partial charge >= 0.3 is 0 Å². The molecule has 0 aliphatic carbocycles. The summed E-state index contributed by atoms with van der Waals surface area (Å²) in [5, 5.41) is 0.677. The van der Waals surface area contributed by atoms with Crippen molar-refractivity contribution in [2.75, 3.05) is 32.1 Å². The average molecular weight is 267 g/mol. The number of halogens is 1. The van der Waals surface area contributed by atoms with Crippen LogP contribution in [0.5, 0.6) is 0 Å². The molecule has 1 aliphatic heterocycles. The maximum Gasteiger partial charge on any atom is 0.152 e. The predicted octanol–water partition coefficient (Wildman–Crippen LogP) is 2.54. The van der Waals surface area contributed by atoms with Crippen molar-refractivity contribution in [1.82, 2.24) is 4.90 Å². The summed E-state index contributed by atoms with van der Waals surface area (Å²) in [6.07, 6.45) is 0.902. The van der Waals surface area contributed by atoms with Crippen molar-refractivity contribution >= 4 is 23.6 Å². The largest absolute Gasteiger partial charge is 0.369 e. The second-order valence-electron chi connectivity index (χ2n) is 5.23. The summed E-state index contributed by atoms with van der Waals surface area (Å²) in [6, 6.07) is 5.95. The van der Waals surface area contributed by atoms with Crippen molar-refractivity contribution in [3.8, 4) is 0 Å². The molecule has 1 aromatic carbocycles. The maximum absolute atomic E-state index is 11.1. The Kier molecular flexibility index (Phi) is 3.93. The molecule has 0 saturated carbocycles. The number of likely N-dealkylation sites (N-methyl/N-ethyl adjacent to an activating group) is 1. The fraction of sp³-hybridized carbons (Fsp3) is 0.500. The molecule has 0 aromatic heterocycles. The van der Waals surface area contributed by atoms with Crippen LogP contribution in [0.15, 0.2) is 18.2 Å². The minimum atomic E-state index is 0.517. The van der Waals surface area contributed by atoms with E-state index < -0.39 is 0 Å². The number of carbonyl (C=O) groups is 1. The van der Waals surface area contributed by atoms with Gasteiger partial charge in [0.1, 0.15) is 0 Å². The molecular formula is C14H19ClN2O. The van der Waals surface area contributed by atoms with E-state index in [0.29, 0.717) is 22.5 Å². The number of aldehydes is 1. The van der Waals surface area contributed by atoms with Gasteiger partial charge in [0.2, 0.25) is 0 Å². The predicted molar refractivity (Wildman–Crippen MR) is 75.7 cm³/mol. The van der Waals surface area contributed by atoms with Gasteiger partial charge < -0.3 is 9.80 Å². The van der Waals surface area contributed by atoms with Gasteiger partial charge in [0.05, 0.1) is 0 Å². The first-order valence-corrected chi connectivity index (χ1v) is 6.57. The molecule has 0 spiro atoms. The SMILES string of the molecule is CC1CN(c2cc(Cl)ccc2C=O)CC1N(C)C. The molecule has 0 amide bonds. The Hall–Kier alpha value is -1.06. The van der Waals surface area contributed by atoms with Gasteiger partial charge in [0.15, 0.2) is 6.29 Å². The first-order valence-electron chi connectivity index (χ1n) is 6.19. The lowest BCUT2D eigenvalue weighted by Gasteiger charge is -2.23. The Morgan fingerprint density at radius 2 is 2.11 bits per heavy atom. The van der Waals surface area contributed by atoms with Crippen molar-refractivity contribution in [3.05, 3.63) is 28.8 Å². The lowest BCUT2D eigenvalue weighted by Crippen LogP contribution is -2.34. The fourth-order valence-corrected chi connectivity index (χ4v) is 2.88. The highest BCUT2D eigenvalue weighted by atomic mass is 35.5. The van der Waals surface area contributed by atoms with Gasteiger partial charge in [0.25, 0.3) is 0 Å². The molecule has 3 nitrogen and oxygen atoms in total. The van der Waals surface area contributed by atoms with E-state index >= 15 is 0 Å². The minimum absolute atomic E-state index is 0.517. The Morgan fingerprint density at radius 3 is 2.67 bits per heavy atom. The number of hydrogen-bond acceptors (Lipinski definition) is 3. The van der Waals surface area contributed by atoms with E-state index in [9.17, 15) is 4.79 Å². The zero-order valence-corrected chi connectivity index (χ0v) is 11.8. The lowest BCUT2D eigenvalue weighted by atomic mass is 10.1. The fourth-order valence-electron chi connectivity index (χ4n) is 2.71. The summed E-state index contributed by atoms with van der Waals surface area (Å²) in [4.78, 5) is 15.6. The molecule has 2 rings (SSSR count). The van der Waals surface area contributed by atoms with Crippen molar-refractivity contribution in [2.45, 2.75) is 13.0 Å². The van der Waals surface area contributed by atoms with Crippen molar-refractivity contribution < 1.29 is 4.79 Å². The second-order valence-corrected chi connectivity index (χ2v) is 5.67. The monoisotopic (exact) mass is 266 g/mol. The third kappa shape index (κ3) is 2.52. The number of anilines is 1. The zero-order chi connectivity index (χ0) is 13.3. The summed E-state index contributed by atoms with van der Waals surface area (Å²) in [5.41, 5.74) is 1.67. The van der Waals surface area contributed by atoms with Crippen LogP contribution in [0.2, 0.25) is 5.02 Å². The molecule has 98 valence electrons. The van der Waals surface area contributed by atoms with Crippen LogP contribution in [0, 0.1) is 5.92 Å². The Balaban J connectivity index is 2.28. The van der Waals surface area contributed by atoms with Gasteiger partial charge in [-0.1, -0.05) is 18.5 Å². The summed E-state index contributed by atoms with van der Waals surface area (Å²) >= 11 is 6.03. The molecule has 4 heteroatoms. The minimum Gasteiger partial charge on any atom is -0.369 e. The average Bonchev–Trinajstić information content (AvgIpc) is 2.71. The topological polar surface area (TPSA) is 23.6 Å². The first kappa shape index (κ1) is 13.4. The van der Waals surface area contributed by atoms with E-state index in [4.69, 9.17) is 11.6 Å². The molecule has 1 aromatic rings. The van der Waals surface area contributed by atoms with Crippen LogP contribution in [0.4, 0.5) is 5.69 Å². The first-order chi connectivity index (χ1) is 8.52. The summed E-state index contributed by atoms with van der Waals surface area (Å²) in [7, 11) is 4.20. The van der Waals surface area contributed by atoms with E-state index in [0.717, 1.165) is 25.1 Å². The van der Waals surface area contributed by atoms with Crippen LogP contribution in [0.25, 0.3) is 0 Å². The van der Waals surface area contributed by atoms with Crippen LogP contribution in [-0.2, 0) is 0 Å². The highest BCUT2D eigenvalue weighted by Gasteiger charge is 2.31. The van der Waals surface area contributed by atoms with Crippen LogP contribution in [0.3, 0.4) is 0 Å². The number of nitrogens with zero attached hydrogens (tertiary/aromatic N) is 2. The van der Waals surface area contributed by atoms with Gasteiger partial charge in [-0.15, -0.1) is 0 Å². The molecule has 0 radical (unpaired) electrons. The highest BCUT2D eigenvalue weighted by Crippen LogP contribution is 2.30. The van der Waals surface area contributed by atoms with Gasteiger partial charge in [-0.3, -0.25) is 4.79 Å². The van der Waals surface area contributed by atoms with Crippen LogP contribution in [0.1, 0.15) is 17.3 Å². The van der Waals surface area contributed by atoms with Gasteiger partial charge in [0, 0.05) is 35.4 Å². The van der Waals surface area contributed by atoms with E-state index in [1.54, 1.807) is 12.1 Å². The summed E-state index contributed by atoms with van der Waals surface area (Å²) < 4.78 is 0. The zero-order valence-electron chi connectivity index (χ0n) is 11.1. The van der Waals surface area contributed by atoms with Crippen molar-refractivity contribution in [1.29, 1.82) is 0 Å². The van der Waals surface area contributed by atoms with E-state index in [2.05, 4.69) is 30.8 Å². The Labute approximate surface area is 113 Å². The normalized spacial score (nSPS) is 23.7. The molecule has 0 bridgehead atoms. The molecule has 1 heterocycles. The molecular weight excluding hydrogens is 248 g/mol. The van der Waals surface area contributed by atoms with Gasteiger partial charge in [-0.2, -0.15) is 0 Å². The summed E-state index contributed by atoms with van der Waals surface area (Å²) in [5.74, 6) is 0.582. The van der Waals surface area contributed by atoms with E-state index in [-0.39, 0.29) is 0 Å². The number of benzene rings is 1. The Bertz CT molecular complexity index is 447. The van der Waals surface area contributed by atoms with Crippen molar-refractivity contribution in [2.24, 2.45) is 5.92 Å². The van der Waals surface area contributed by atoms with Crippen LogP contribution < -0.4 is 4.90 Å². The maximum atomic E-state index is 11.1. The molecule has 2 unspecified atom stereocenters. The smallest absolute Gasteiger partial charge is 0.152 e. The molecule has 1 fully saturated rings. The summed E-state index contributed by atoms with van der Waals surface area (Å²) in [6.45, 7) is 4.15. The van der Waals surface area contributed by atoms with Crippen LogP contribution >= 0.6 is 11.6 Å². The van der Waals surface area contributed by atoms with Crippen molar-refractivity contribution in [3.63, 3.8) is 0 Å². The quantitative estimate of drug-likeness (QED) is 0.786. The van der Waals surface area contributed by atoms with Crippen LogP contribution in [-0.4, -0.2) is 44.4 Å². The number of carbonyl (C=O) groups excluding carboxylic acids is 1. The molecule has 0 N–H and O–H groups in total. The van der Waals surface area contributed by atoms with E-state index in [1.165, 1.54) is 0 Å². The lowest BCUT2D eigenvalue weighted by molar-refractivity contribution is 0.112. The second kappa shape index (κ2) is 5.29. The van der Waals surface area contributed by atoms with Gasteiger partial charge in [-0.25, -0.2) is 0 Å². The third-order valence-corrected chi connectivity index (χ3v) is 3.93.